The molecule has 0 aliphatic carbocycles. The third-order valence-electron chi connectivity index (χ3n) is 3.32. The molecule has 2 aromatic heterocycles. The Labute approximate surface area is 138 Å². The highest BCUT2D eigenvalue weighted by Crippen LogP contribution is 2.22. The molecule has 0 aromatic carbocycles. The summed E-state index contributed by atoms with van der Waals surface area (Å²) in [6.07, 6.45) is 0.820. The van der Waals surface area contributed by atoms with Crippen LogP contribution in [0.3, 0.4) is 0 Å². The largest absolute Gasteiger partial charge is 0.465 e. The van der Waals surface area contributed by atoms with Gasteiger partial charge in [0.1, 0.15) is 10.7 Å². The lowest BCUT2D eigenvalue weighted by molar-refractivity contribution is 0.0599. The van der Waals surface area contributed by atoms with E-state index in [2.05, 4.69) is 34.3 Å². The van der Waals surface area contributed by atoms with Gasteiger partial charge < -0.3 is 9.72 Å². The van der Waals surface area contributed by atoms with Crippen LogP contribution < -0.4 is 5.32 Å². The Morgan fingerprint density at radius 2 is 2.00 bits per heavy atom. The first kappa shape index (κ1) is 17.1. The maximum atomic E-state index is 12.4. The first-order valence-electron chi connectivity index (χ1n) is 7.24. The summed E-state index contributed by atoms with van der Waals surface area (Å²) in [6, 6.07) is 0. The Balaban J connectivity index is 2.18. The molecular weight excluding hydrogens is 316 g/mol. The van der Waals surface area contributed by atoms with Gasteiger partial charge in [-0.1, -0.05) is 25.2 Å². The maximum absolute atomic E-state index is 12.4. The number of esters is 1. The van der Waals surface area contributed by atoms with Gasteiger partial charge in [0, 0.05) is 12.1 Å². The molecule has 23 heavy (non-hydrogen) atoms. The molecule has 2 rings (SSSR count). The smallest absolute Gasteiger partial charge is 0.339 e. The zero-order chi connectivity index (χ0) is 17.1. The summed E-state index contributed by atoms with van der Waals surface area (Å²) < 4.78 is 4.74. The van der Waals surface area contributed by atoms with Crippen LogP contribution in [0.1, 0.15) is 51.0 Å². The molecular formula is C15H20N4O3S. The number of aryl methyl sites for hydroxylation is 1. The van der Waals surface area contributed by atoms with Gasteiger partial charge in [0.25, 0.3) is 5.91 Å². The highest BCUT2D eigenvalue weighted by Gasteiger charge is 2.23. The summed E-state index contributed by atoms with van der Waals surface area (Å²) in [7, 11) is 1.31. The lowest BCUT2D eigenvalue weighted by atomic mass is 10.1. The standard InChI is InChI=1S/C15H20N4O3S/c1-7(2)6-10-18-19-15(23-10)17-13(20)12-8(3)11(9(4)16-12)14(21)22-5/h7,16H,6H2,1-5H3,(H,17,19,20). The number of methoxy groups -OCH3 is 1. The Kier molecular flexibility index (Phi) is 5.15. The topological polar surface area (TPSA) is 97.0 Å². The van der Waals surface area contributed by atoms with Crippen molar-refractivity contribution < 1.29 is 14.3 Å². The summed E-state index contributed by atoms with van der Waals surface area (Å²) in [6.45, 7) is 7.62. The van der Waals surface area contributed by atoms with Crippen LogP contribution in [0.15, 0.2) is 0 Å². The number of hydrogen-bond donors (Lipinski definition) is 2. The molecule has 0 saturated heterocycles. The number of nitrogens with one attached hydrogen (secondary N) is 2. The molecule has 0 unspecified atom stereocenters. The lowest BCUT2D eigenvalue weighted by Crippen LogP contribution is -2.14. The minimum Gasteiger partial charge on any atom is -0.465 e. The quantitative estimate of drug-likeness (QED) is 0.818. The van der Waals surface area contributed by atoms with Crippen molar-refractivity contribution in [1.29, 1.82) is 0 Å². The molecule has 0 radical (unpaired) electrons. The fourth-order valence-corrected chi connectivity index (χ4v) is 3.23. The van der Waals surface area contributed by atoms with E-state index in [0.717, 1.165) is 11.4 Å². The van der Waals surface area contributed by atoms with E-state index in [0.29, 0.717) is 33.6 Å². The second-order valence-corrected chi connectivity index (χ2v) is 6.73. The van der Waals surface area contributed by atoms with E-state index >= 15 is 0 Å². The summed E-state index contributed by atoms with van der Waals surface area (Å²) in [4.78, 5) is 27.1. The number of hydrogen-bond acceptors (Lipinski definition) is 6. The van der Waals surface area contributed by atoms with E-state index < -0.39 is 5.97 Å². The normalized spacial score (nSPS) is 10.9. The van der Waals surface area contributed by atoms with Gasteiger partial charge >= 0.3 is 5.97 Å². The van der Waals surface area contributed by atoms with Crippen molar-refractivity contribution in [2.24, 2.45) is 5.92 Å². The molecule has 0 fully saturated rings. The number of nitrogens with zero attached hydrogens (tertiary/aromatic N) is 2. The van der Waals surface area contributed by atoms with Gasteiger partial charge in [-0.3, -0.25) is 10.1 Å². The highest BCUT2D eigenvalue weighted by atomic mass is 32.1. The van der Waals surface area contributed by atoms with Crippen molar-refractivity contribution in [2.45, 2.75) is 34.1 Å². The summed E-state index contributed by atoms with van der Waals surface area (Å²) in [5, 5.41) is 12.1. The third-order valence-corrected chi connectivity index (χ3v) is 4.19. The van der Waals surface area contributed by atoms with Crippen LogP contribution in [-0.4, -0.2) is 34.2 Å². The van der Waals surface area contributed by atoms with Gasteiger partial charge in [-0.05, 0) is 25.3 Å². The predicted molar refractivity (Wildman–Crippen MR) is 88.0 cm³/mol. The number of aromatic nitrogens is 3. The molecule has 0 aliphatic heterocycles. The second-order valence-electron chi connectivity index (χ2n) is 5.67. The van der Waals surface area contributed by atoms with Gasteiger partial charge in [-0.15, -0.1) is 10.2 Å². The van der Waals surface area contributed by atoms with Gasteiger partial charge in [0.2, 0.25) is 5.13 Å². The third kappa shape index (κ3) is 3.76. The maximum Gasteiger partial charge on any atom is 0.339 e. The minimum atomic E-state index is -0.467. The Hall–Kier alpha value is -2.22. The van der Waals surface area contributed by atoms with Crippen molar-refractivity contribution >= 4 is 28.3 Å². The van der Waals surface area contributed by atoms with Crippen LogP contribution in [0.5, 0.6) is 0 Å². The number of ether oxygens (including phenoxy) is 1. The zero-order valence-corrected chi connectivity index (χ0v) is 14.6. The van der Waals surface area contributed by atoms with E-state index in [1.165, 1.54) is 18.4 Å². The second kappa shape index (κ2) is 6.91. The molecule has 0 aliphatic rings. The predicted octanol–water partition coefficient (Wildman–Crippen LogP) is 2.72. The van der Waals surface area contributed by atoms with Crippen molar-refractivity contribution in [1.82, 2.24) is 15.2 Å². The van der Waals surface area contributed by atoms with Crippen molar-refractivity contribution in [3.63, 3.8) is 0 Å². The first-order chi connectivity index (χ1) is 10.8. The number of aromatic amines is 1. The van der Waals surface area contributed by atoms with E-state index in [1.807, 2.05) is 0 Å². The summed E-state index contributed by atoms with van der Waals surface area (Å²) >= 11 is 1.35. The molecule has 2 N–H and O–H groups in total. The zero-order valence-electron chi connectivity index (χ0n) is 13.8. The Morgan fingerprint density at radius 1 is 1.30 bits per heavy atom. The number of carbonyl (C=O) groups excluding carboxylic acids is 2. The van der Waals surface area contributed by atoms with Crippen LogP contribution in [0.2, 0.25) is 0 Å². The highest BCUT2D eigenvalue weighted by molar-refractivity contribution is 7.15. The minimum absolute atomic E-state index is 0.323. The molecule has 0 bridgehead atoms. The Bertz CT molecular complexity index is 733. The fourth-order valence-electron chi connectivity index (χ4n) is 2.28. The average Bonchev–Trinajstić information content (AvgIpc) is 3.02. The molecule has 2 heterocycles. The average molecular weight is 336 g/mol. The number of amides is 1. The van der Waals surface area contributed by atoms with Crippen LogP contribution in [0.25, 0.3) is 0 Å². The van der Waals surface area contributed by atoms with Crippen molar-refractivity contribution in [3.05, 3.63) is 27.5 Å². The van der Waals surface area contributed by atoms with E-state index in [9.17, 15) is 9.59 Å². The molecule has 7 nitrogen and oxygen atoms in total. The number of H-pyrrole nitrogens is 1. The molecule has 0 atom stereocenters. The van der Waals surface area contributed by atoms with Crippen LogP contribution in [0, 0.1) is 19.8 Å². The van der Waals surface area contributed by atoms with Crippen LogP contribution >= 0.6 is 11.3 Å². The van der Waals surface area contributed by atoms with E-state index in [1.54, 1.807) is 13.8 Å². The molecule has 0 spiro atoms. The molecule has 124 valence electrons. The molecule has 0 saturated carbocycles. The fraction of sp³-hybridized carbons (Fsp3) is 0.467. The van der Waals surface area contributed by atoms with E-state index in [4.69, 9.17) is 4.74 Å². The summed E-state index contributed by atoms with van der Waals surface area (Å²) in [5.41, 5.74) is 1.86. The SMILES string of the molecule is COC(=O)c1c(C)[nH]c(C(=O)Nc2nnc(CC(C)C)s2)c1C. The molecule has 1 amide bonds. The van der Waals surface area contributed by atoms with Gasteiger partial charge in [0.05, 0.1) is 12.7 Å². The van der Waals surface area contributed by atoms with Gasteiger partial charge in [-0.2, -0.15) is 0 Å². The number of anilines is 1. The molecule has 2 aromatic rings. The van der Waals surface area contributed by atoms with E-state index in [-0.39, 0.29) is 5.91 Å². The Morgan fingerprint density at radius 3 is 2.61 bits per heavy atom. The monoisotopic (exact) mass is 336 g/mol. The summed E-state index contributed by atoms with van der Waals surface area (Å²) in [5.74, 6) is -0.346. The number of rotatable bonds is 5. The molecule has 8 heteroatoms. The van der Waals surface area contributed by atoms with Crippen molar-refractivity contribution in [2.75, 3.05) is 12.4 Å². The van der Waals surface area contributed by atoms with Gasteiger partial charge in [0.15, 0.2) is 0 Å². The van der Waals surface area contributed by atoms with Crippen LogP contribution in [-0.2, 0) is 11.2 Å². The van der Waals surface area contributed by atoms with Gasteiger partial charge in [-0.25, -0.2) is 4.79 Å². The van der Waals surface area contributed by atoms with Crippen molar-refractivity contribution in [3.8, 4) is 0 Å². The lowest BCUT2D eigenvalue weighted by Gasteiger charge is -2.01. The number of carbonyl (C=O) groups is 2. The first-order valence-corrected chi connectivity index (χ1v) is 8.06. The van der Waals surface area contributed by atoms with Crippen LogP contribution in [0.4, 0.5) is 5.13 Å².